The van der Waals surface area contributed by atoms with Gasteiger partial charge in [-0.25, -0.2) is 4.98 Å². The van der Waals surface area contributed by atoms with Crippen LogP contribution in [0.4, 0.5) is 0 Å². The highest BCUT2D eigenvalue weighted by Gasteiger charge is 2.28. The molecule has 0 unspecified atom stereocenters. The second kappa shape index (κ2) is 6.85. The summed E-state index contributed by atoms with van der Waals surface area (Å²) >= 11 is 0. The SMILES string of the molecule is C#CC(C)(C)CC(C)(C)OC=O.Cn1ccnc1. The molecule has 100 valence electrons. The fourth-order valence-corrected chi connectivity index (χ4v) is 1.61. The van der Waals surface area contributed by atoms with Crippen LogP contribution >= 0.6 is 0 Å². The molecule has 0 atom stereocenters. The van der Waals surface area contributed by atoms with Crippen molar-refractivity contribution in [2.45, 2.75) is 39.7 Å². The minimum Gasteiger partial charge on any atom is -0.462 e. The Kier molecular flexibility index (Phi) is 6.18. The highest BCUT2D eigenvalue weighted by atomic mass is 16.5. The van der Waals surface area contributed by atoms with E-state index < -0.39 is 5.60 Å². The Bertz CT molecular complexity index is 386. The van der Waals surface area contributed by atoms with Crippen LogP contribution in [0.15, 0.2) is 18.7 Å². The van der Waals surface area contributed by atoms with Gasteiger partial charge in [0.05, 0.1) is 6.33 Å². The van der Waals surface area contributed by atoms with Crippen LogP contribution in [0.25, 0.3) is 0 Å². The van der Waals surface area contributed by atoms with E-state index in [1.165, 1.54) is 0 Å². The van der Waals surface area contributed by atoms with E-state index >= 15 is 0 Å². The van der Waals surface area contributed by atoms with Crippen molar-refractivity contribution >= 4 is 6.47 Å². The normalized spacial score (nSPS) is 10.9. The average Bonchev–Trinajstić information content (AvgIpc) is 2.68. The number of carbonyl (C=O) groups excluding carboxylic acids is 1. The molecule has 0 amide bonds. The van der Waals surface area contributed by atoms with Crippen LogP contribution in [0, 0.1) is 17.8 Å². The lowest BCUT2D eigenvalue weighted by Crippen LogP contribution is -2.30. The van der Waals surface area contributed by atoms with Gasteiger partial charge in [-0.3, -0.25) is 4.79 Å². The van der Waals surface area contributed by atoms with Crippen molar-refractivity contribution in [2.75, 3.05) is 0 Å². The number of aromatic nitrogens is 2. The van der Waals surface area contributed by atoms with Gasteiger partial charge >= 0.3 is 0 Å². The first-order valence-electron chi connectivity index (χ1n) is 5.73. The van der Waals surface area contributed by atoms with Crippen molar-refractivity contribution < 1.29 is 9.53 Å². The molecule has 1 heterocycles. The maximum Gasteiger partial charge on any atom is 0.293 e. The smallest absolute Gasteiger partial charge is 0.293 e. The lowest BCUT2D eigenvalue weighted by molar-refractivity contribution is -0.142. The van der Waals surface area contributed by atoms with Gasteiger partial charge in [0.25, 0.3) is 6.47 Å². The molecule has 0 saturated carbocycles. The van der Waals surface area contributed by atoms with Gasteiger partial charge in [-0.1, -0.05) is 0 Å². The number of nitrogens with zero attached hydrogens (tertiary/aromatic N) is 2. The monoisotopic (exact) mass is 250 g/mol. The van der Waals surface area contributed by atoms with E-state index in [0.29, 0.717) is 12.9 Å². The first-order chi connectivity index (χ1) is 8.22. The number of hydrogen-bond donors (Lipinski definition) is 0. The van der Waals surface area contributed by atoms with Gasteiger partial charge in [0.1, 0.15) is 5.60 Å². The van der Waals surface area contributed by atoms with E-state index in [1.54, 1.807) is 12.5 Å². The molecular weight excluding hydrogens is 228 g/mol. The number of ether oxygens (including phenoxy) is 1. The third-order valence-electron chi connectivity index (χ3n) is 2.26. The molecule has 0 spiro atoms. The van der Waals surface area contributed by atoms with E-state index in [-0.39, 0.29) is 5.41 Å². The summed E-state index contributed by atoms with van der Waals surface area (Å²) in [5, 5.41) is 0. The van der Waals surface area contributed by atoms with Gasteiger partial charge in [-0.2, -0.15) is 0 Å². The molecule has 4 heteroatoms. The molecule has 18 heavy (non-hydrogen) atoms. The molecule has 4 nitrogen and oxygen atoms in total. The van der Waals surface area contributed by atoms with Crippen molar-refractivity contribution in [3.63, 3.8) is 0 Å². The topological polar surface area (TPSA) is 44.1 Å². The lowest BCUT2D eigenvalue weighted by atomic mass is 9.82. The first-order valence-corrected chi connectivity index (χ1v) is 5.73. The Balaban J connectivity index is 0.000000397. The zero-order chi connectivity index (χ0) is 14.2. The fourth-order valence-electron chi connectivity index (χ4n) is 1.61. The summed E-state index contributed by atoms with van der Waals surface area (Å²) in [7, 11) is 1.94. The molecule has 0 fully saturated rings. The third kappa shape index (κ3) is 7.50. The van der Waals surface area contributed by atoms with Gasteiger partial charge in [-0.15, -0.1) is 12.3 Å². The van der Waals surface area contributed by atoms with Gasteiger partial charge < -0.3 is 9.30 Å². The molecule has 1 aromatic rings. The molecule has 0 N–H and O–H groups in total. The molecule has 0 aliphatic rings. The van der Waals surface area contributed by atoms with E-state index in [0.717, 1.165) is 0 Å². The van der Waals surface area contributed by atoms with Crippen LogP contribution in [0.5, 0.6) is 0 Å². The Morgan fingerprint density at radius 3 is 2.33 bits per heavy atom. The fraction of sp³-hybridized carbons (Fsp3) is 0.571. The summed E-state index contributed by atoms with van der Waals surface area (Å²) in [6, 6.07) is 0. The van der Waals surface area contributed by atoms with E-state index in [1.807, 2.05) is 45.5 Å². The first kappa shape index (κ1) is 16.2. The summed E-state index contributed by atoms with van der Waals surface area (Å²) in [5.41, 5.74) is -0.704. The highest BCUT2D eigenvalue weighted by Crippen LogP contribution is 2.28. The van der Waals surface area contributed by atoms with Gasteiger partial charge in [0.2, 0.25) is 0 Å². The predicted molar refractivity (Wildman–Crippen MR) is 71.7 cm³/mol. The second-order valence-electron chi connectivity index (χ2n) is 5.41. The minimum absolute atomic E-state index is 0.230. The number of imidazole rings is 1. The predicted octanol–water partition coefficient (Wildman–Crippen LogP) is 2.41. The van der Waals surface area contributed by atoms with Gasteiger partial charge in [0.15, 0.2) is 0 Å². The molecule has 0 radical (unpaired) electrons. The number of carbonyl (C=O) groups is 1. The van der Waals surface area contributed by atoms with Crippen molar-refractivity contribution in [3.8, 4) is 12.3 Å². The summed E-state index contributed by atoms with van der Waals surface area (Å²) in [6.45, 7) is 8.05. The van der Waals surface area contributed by atoms with Crippen molar-refractivity contribution in [2.24, 2.45) is 12.5 Å². The maximum atomic E-state index is 10.1. The molecule has 0 aliphatic carbocycles. The largest absolute Gasteiger partial charge is 0.462 e. The van der Waals surface area contributed by atoms with E-state index in [4.69, 9.17) is 11.2 Å². The average molecular weight is 250 g/mol. The number of aryl methyl sites for hydroxylation is 1. The molecule has 0 bridgehead atoms. The Morgan fingerprint density at radius 2 is 2.06 bits per heavy atom. The van der Waals surface area contributed by atoms with Crippen LogP contribution in [0.1, 0.15) is 34.1 Å². The summed E-state index contributed by atoms with van der Waals surface area (Å²) in [4.78, 5) is 13.9. The molecule has 1 aromatic heterocycles. The van der Waals surface area contributed by atoms with Crippen LogP contribution in [-0.4, -0.2) is 21.6 Å². The molecule has 1 rings (SSSR count). The van der Waals surface area contributed by atoms with Crippen LogP contribution in [-0.2, 0) is 16.6 Å². The third-order valence-corrected chi connectivity index (χ3v) is 2.26. The van der Waals surface area contributed by atoms with Crippen LogP contribution in [0.2, 0.25) is 0 Å². The van der Waals surface area contributed by atoms with Crippen molar-refractivity contribution in [3.05, 3.63) is 18.7 Å². The van der Waals surface area contributed by atoms with Gasteiger partial charge in [0, 0.05) is 31.3 Å². The van der Waals surface area contributed by atoms with Crippen molar-refractivity contribution in [1.29, 1.82) is 0 Å². The van der Waals surface area contributed by atoms with Crippen LogP contribution < -0.4 is 0 Å². The standard InChI is InChI=1S/C10H16O2.C4H6N2/c1-6-9(2,3)7-10(4,5)12-8-11;1-6-3-2-5-4-6/h1,8H,7H2,2-5H3;2-4H,1H3. The Hall–Kier alpha value is -1.76. The second-order valence-corrected chi connectivity index (χ2v) is 5.41. The maximum absolute atomic E-state index is 10.1. The minimum atomic E-state index is -0.475. The number of terminal acetylenes is 1. The van der Waals surface area contributed by atoms with Gasteiger partial charge in [-0.05, 0) is 27.7 Å². The van der Waals surface area contributed by atoms with Crippen LogP contribution in [0.3, 0.4) is 0 Å². The van der Waals surface area contributed by atoms with Crippen molar-refractivity contribution in [1.82, 2.24) is 9.55 Å². The lowest BCUT2D eigenvalue weighted by Gasteiger charge is -2.29. The number of rotatable bonds is 4. The molecule has 0 saturated heterocycles. The Morgan fingerprint density at radius 1 is 1.44 bits per heavy atom. The summed E-state index contributed by atoms with van der Waals surface area (Å²) in [6.07, 6.45) is 11.4. The highest BCUT2D eigenvalue weighted by molar-refractivity contribution is 5.38. The molecule has 0 aromatic carbocycles. The summed E-state index contributed by atoms with van der Waals surface area (Å²) < 4.78 is 6.78. The zero-order valence-electron chi connectivity index (χ0n) is 11.8. The van der Waals surface area contributed by atoms with E-state index in [2.05, 4.69) is 10.9 Å². The Labute approximate surface area is 109 Å². The van der Waals surface area contributed by atoms with E-state index in [9.17, 15) is 4.79 Å². The molecular formula is C14H22N2O2. The zero-order valence-corrected chi connectivity index (χ0v) is 11.8. The quantitative estimate of drug-likeness (QED) is 0.609. The molecule has 0 aliphatic heterocycles. The number of hydrogen-bond acceptors (Lipinski definition) is 3. The summed E-state index contributed by atoms with van der Waals surface area (Å²) in [5.74, 6) is 2.66.